The Kier molecular flexibility index (Phi) is 6.00. The Hall–Kier alpha value is -1.13. The Morgan fingerprint density at radius 2 is 2.10 bits per heavy atom. The van der Waals surface area contributed by atoms with Crippen LogP contribution < -0.4 is 10.1 Å². The summed E-state index contributed by atoms with van der Waals surface area (Å²) in [7, 11) is 2.17. The fraction of sp³-hybridized carbons (Fsp3) is 0.706. The molecule has 0 unspecified atom stereocenters. The fourth-order valence-corrected chi connectivity index (χ4v) is 2.58. The second-order valence-corrected chi connectivity index (χ2v) is 6.58. The van der Waals surface area contributed by atoms with Crippen LogP contribution in [0.25, 0.3) is 0 Å². The van der Waals surface area contributed by atoms with Gasteiger partial charge in [0.05, 0.1) is 0 Å². The molecule has 0 atom stereocenters. The largest absolute Gasteiger partial charge is 0.490 e. The van der Waals surface area contributed by atoms with Gasteiger partial charge in [0.1, 0.15) is 11.9 Å². The molecule has 1 saturated heterocycles. The lowest BCUT2D eigenvalue weighted by molar-refractivity contribution is 0.113. The first kappa shape index (κ1) is 16.2. The van der Waals surface area contributed by atoms with E-state index in [9.17, 15) is 0 Å². The van der Waals surface area contributed by atoms with Crippen LogP contribution in [-0.4, -0.2) is 42.7 Å². The van der Waals surface area contributed by atoms with Gasteiger partial charge < -0.3 is 15.0 Å². The highest BCUT2D eigenvalue weighted by atomic mass is 16.5. The minimum absolute atomic E-state index is 0.340. The molecule has 2 heterocycles. The number of hydrogen-bond donors (Lipinski definition) is 1. The minimum atomic E-state index is 0.340. The summed E-state index contributed by atoms with van der Waals surface area (Å²) < 4.78 is 6.27. The molecule has 118 valence electrons. The Morgan fingerprint density at radius 1 is 1.38 bits per heavy atom. The van der Waals surface area contributed by atoms with Crippen molar-refractivity contribution in [1.29, 1.82) is 0 Å². The van der Waals surface area contributed by atoms with Gasteiger partial charge in [0.25, 0.3) is 0 Å². The number of pyridine rings is 1. The maximum Gasteiger partial charge on any atom is 0.127 e. The fourth-order valence-electron chi connectivity index (χ4n) is 2.58. The predicted molar refractivity (Wildman–Crippen MR) is 86.7 cm³/mol. The maximum atomic E-state index is 6.27. The van der Waals surface area contributed by atoms with Crippen molar-refractivity contribution >= 4 is 0 Å². The van der Waals surface area contributed by atoms with E-state index in [4.69, 9.17) is 4.74 Å². The van der Waals surface area contributed by atoms with Crippen molar-refractivity contribution in [2.24, 2.45) is 5.92 Å². The van der Waals surface area contributed by atoms with Crippen LogP contribution in [0.2, 0.25) is 0 Å². The topological polar surface area (TPSA) is 37.4 Å². The Balaban J connectivity index is 1.97. The van der Waals surface area contributed by atoms with Crippen LogP contribution in [-0.2, 0) is 6.54 Å². The lowest BCUT2D eigenvalue weighted by Crippen LogP contribution is -2.35. The molecule has 1 fully saturated rings. The number of nitrogens with one attached hydrogen (secondary N) is 1. The summed E-state index contributed by atoms with van der Waals surface area (Å²) in [5.74, 6) is 1.66. The lowest BCUT2D eigenvalue weighted by atomic mass is 10.1. The van der Waals surface area contributed by atoms with Crippen molar-refractivity contribution in [1.82, 2.24) is 15.2 Å². The smallest absolute Gasteiger partial charge is 0.127 e. The molecule has 4 heteroatoms. The van der Waals surface area contributed by atoms with Crippen molar-refractivity contribution in [2.75, 3.05) is 26.7 Å². The molecule has 0 bridgehead atoms. The summed E-state index contributed by atoms with van der Waals surface area (Å²) in [6.07, 6.45) is 4.51. The van der Waals surface area contributed by atoms with Crippen LogP contribution in [0.1, 0.15) is 37.9 Å². The van der Waals surface area contributed by atoms with E-state index in [1.54, 1.807) is 0 Å². The van der Waals surface area contributed by atoms with Gasteiger partial charge in [-0.05, 0) is 39.3 Å². The standard InChI is InChI=1S/C17H29N3O/c1-13(2)10-18-11-15-12-19-14(3)9-17(15)21-16-5-7-20(4)8-6-16/h9,12-13,16,18H,5-8,10-11H2,1-4H3. The van der Waals surface area contributed by atoms with Gasteiger partial charge >= 0.3 is 0 Å². The van der Waals surface area contributed by atoms with E-state index in [0.29, 0.717) is 12.0 Å². The third kappa shape index (κ3) is 5.29. The van der Waals surface area contributed by atoms with Gasteiger partial charge in [0.2, 0.25) is 0 Å². The van der Waals surface area contributed by atoms with Crippen LogP contribution >= 0.6 is 0 Å². The predicted octanol–water partition coefficient (Wildman–Crippen LogP) is 2.61. The zero-order valence-electron chi connectivity index (χ0n) is 13.9. The summed E-state index contributed by atoms with van der Waals surface area (Å²) in [6.45, 7) is 10.5. The number of likely N-dealkylation sites (tertiary alicyclic amines) is 1. The number of hydrogen-bond acceptors (Lipinski definition) is 4. The monoisotopic (exact) mass is 291 g/mol. The molecule has 0 spiro atoms. The summed E-state index contributed by atoms with van der Waals surface area (Å²) in [5.41, 5.74) is 2.19. The minimum Gasteiger partial charge on any atom is -0.490 e. The Labute approximate surface area is 128 Å². The third-order valence-electron chi connectivity index (χ3n) is 3.91. The molecule has 0 radical (unpaired) electrons. The highest BCUT2D eigenvalue weighted by Gasteiger charge is 2.19. The van der Waals surface area contributed by atoms with Crippen molar-refractivity contribution in [3.63, 3.8) is 0 Å². The number of ether oxygens (including phenoxy) is 1. The van der Waals surface area contributed by atoms with Gasteiger partial charge in [-0.2, -0.15) is 0 Å². The van der Waals surface area contributed by atoms with E-state index >= 15 is 0 Å². The molecule has 2 rings (SSSR count). The molecular weight excluding hydrogens is 262 g/mol. The van der Waals surface area contributed by atoms with Crippen molar-refractivity contribution in [2.45, 2.75) is 46.3 Å². The summed E-state index contributed by atoms with van der Waals surface area (Å²) in [4.78, 5) is 6.78. The first-order valence-corrected chi connectivity index (χ1v) is 8.06. The highest BCUT2D eigenvalue weighted by molar-refractivity contribution is 5.33. The Morgan fingerprint density at radius 3 is 2.76 bits per heavy atom. The number of rotatable bonds is 6. The van der Waals surface area contributed by atoms with Gasteiger partial charge in [-0.1, -0.05) is 13.8 Å². The average Bonchev–Trinajstić information content (AvgIpc) is 2.43. The SMILES string of the molecule is Cc1cc(OC2CCN(C)CC2)c(CNCC(C)C)cn1. The van der Waals surface area contributed by atoms with Gasteiger partial charge in [0.15, 0.2) is 0 Å². The molecule has 0 saturated carbocycles. The summed E-state index contributed by atoms with van der Waals surface area (Å²) >= 11 is 0. The molecule has 1 N–H and O–H groups in total. The van der Waals surface area contributed by atoms with Gasteiger partial charge in [-0.25, -0.2) is 0 Å². The summed E-state index contributed by atoms with van der Waals surface area (Å²) in [6, 6.07) is 2.07. The van der Waals surface area contributed by atoms with Gasteiger partial charge in [-0.15, -0.1) is 0 Å². The molecule has 1 aromatic heterocycles. The average molecular weight is 291 g/mol. The molecule has 4 nitrogen and oxygen atoms in total. The van der Waals surface area contributed by atoms with E-state index in [1.165, 1.54) is 5.56 Å². The van der Waals surface area contributed by atoms with Crippen LogP contribution in [0.4, 0.5) is 0 Å². The molecule has 0 aromatic carbocycles. The van der Waals surface area contributed by atoms with E-state index in [2.05, 4.69) is 42.2 Å². The molecule has 0 amide bonds. The Bertz CT molecular complexity index is 440. The number of nitrogens with zero attached hydrogens (tertiary/aromatic N) is 2. The number of piperidine rings is 1. The number of aryl methyl sites for hydroxylation is 1. The number of aromatic nitrogens is 1. The van der Waals surface area contributed by atoms with Crippen molar-refractivity contribution in [3.05, 3.63) is 23.5 Å². The normalized spacial score (nSPS) is 17.4. The zero-order chi connectivity index (χ0) is 15.2. The van der Waals surface area contributed by atoms with E-state index in [-0.39, 0.29) is 0 Å². The first-order valence-electron chi connectivity index (χ1n) is 8.06. The van der Waals surface area contributed by atoms with E-state index in [1.807, 2.05) is 13.1 Å². The van der Waals surface area contributed by atoms with Crippen LogP contribution in [0, 0.1) is 12.8 Å². The van der Waals surface area contributed by atoms with Crippen LogP contribution in [0.15, 0.2) is 12.3 Å². The van der Waals surface area contributed by atoms with Gasteiger partial charge in [0, 0.05) is 43.2 Å². The second kappa shape index (κ2) is 7.76. The molecular formula is C17H29N3O. The zero-order valence-corrected chi connectivity index (χ0v) is 13.9. The summed E-state index contributed by atoms with van der Waals surface area (Å²) in [5, 5.41) is 3.48. The van der Waals surface area contributed by atoms with Crippen LogP contribution in [0.3, 0.4) is 0 Å². The van der Waals surface area contributed by atoms with Gasteiger partial charge in [-0.3, -0.25) is 4.98 Å². The molecule has 21 heavy (non-hydrogen) atoms. The maximum absolute atomic E-state index is 6.27. The second-order valence-electron chi connectivity index (χ2n) is 6.58. The molecule has 1 aliphatic rings. The third-order valence-corrected chi connectivity index (χ3v) is 3.91. The molecule has 1 aliphatic heterocycles. The molecule has 0 aliphatic carbocycles. The van der Waals surface area contributed by atoms with E-state index < -0.39 is 0 Å². The first-order chi connectivity index (χ1) is 10.0. The quantitative estimate of drug-likeness (QED) is 0.874. The molecule has 1 aromatic rings. The van der Waals surface area contributed by atoms with E-state index in [0.717, 1.165) is 50.5 Å². The lowest BCUT2D eigenvalue weighted by Gasteiger charge is -2.30. The van der Waals surface area contributed by atoms with Crippen LogP contribution in [0.5, 0.6) is 5.75 Å². The van der Waals surface area contributed by atoms with Crippen molar-refractivity contribution < 1.29 is 4.74 Å². The highest BCUT2D eigenvalue weighted by Crippen LogP contribution is 2.23. The van der Waals surface area contributed by atoms with Crippen molar-refractivity contribution in [3.8, 4) is 5.75 Å².